The van der Waals surface area contributed by atoms with Crippen molar-refractivity contribution in [1.29, 1.82) is 0 Å². The fraction of sp³-hybridized carbons (Fsp3) is 0.500. The summed E-state index contributed by atoms with van der Waals surface area (Å²) in [6.45, 7) is 0.243. The molecule has 0 spiro atoms. The number of rotatable bonds is 4. The van der Waals surface area contributed by atoms with Gasteiger partial charge in [-0.1, -0.05) is 19.3 Å². The lowest BCUT2D eigenvalue weighted by Gasteiger charge is -2.20. The lowest BCUT2D eigenvalue weighted by atomic mass is 9.90. The van der Waals surface area contributed by atoms with Gasteiger partial charge in [-0.15, -0.1) is 0 Å². The van der Waals surface area contributed by atoms with Gasteiger partial charge in [0.2, 0.25) is 0 Å². The zero-order valence-electron chi connectivity index (χ0n) is 11.0. The predicted octanol–water partition coefficient (Wildman–Crippen LogP) is 3.47. The molecule has 0 N–H and O–H groups in total. The van der Waals surface area contributed by atoms with Crippen LogP contribution in [0.3, 0.4) is 0 Å². The van der Waals surface area contributed by atoms with Gasteiger partial charge in [0.25, 0.3) is 5.69 Å². The van der Waals surface area contributed by atoms with Gasteiger partial charge in [0.05, 0.1) is 11.5 Å². The largest absolute Gasteiger partial charge is 0.462 e. The van der Waals surface area contributed by atoms with E-state index >= 15 is 0 Å². The highest BCUT2D eigenvalue weighted by Gasteiger charge is 2.23. The highest BCUT2D eigenvalue weighted by atomic mass is 19.1. The van der Waals surface area contributed by atoms with Crippen molar-refractivity contribution in [3.8, 4) is 0 Å². The van der Waals surface area contributed by atoms with Crippen LogP contribution in [0.15, 0.2) is 18.2 Å². The predicted molar refractivity (Wildman–Crippen MR) is 69.9 cm³/mol. The van der Waals surface area contributed by atoms with Gasteiger partial charge < -0.3 is 4.74 Å². The minimum absolute atomic E-state index is 0.243. The lowest BCUT2D eigenvalue weighted by Crippen LogP contribution is -2.17. The maximum atomic E-state index is 13.1. The number of benzene rings is 1. The molecule has 6 heteroatoms. The third kappa shape index (κ3) is 3.53. The number of carbonyl (C=O) groups excluding carboxylic acids is 1. The third-order valence-corrected chi connectivity index (χ3v) is 3.55. The SMILES string of the molecule is O=C(OCC1CCCCC1)c1cc(F)ccc1[N+](=O)[O-]. The van der Waals surface area contributed by atoms with Crippen molar-refractivity contribution in [2.24, 2.45) is 5.92 Å². The lowest BCUT2D eigenvalue weighted by molar-refractivity contribution is -0.385. The Morgan fingerprint density at radius 3 is 2.70 bits per heavy atom. The number of esters is 1. The Morgan fingerprint density at radius 1 is 1.35 bits per heavy atom. The van der Waals surface area contributed by atoms with E-state index in [9.17, 15) is 19.3 Å². The molecule has 108 valence electrons. The molecular weight excluding hydrogens is 265 g/mol. The average Bonchev–Trinajstić information content (AvgIpc) is 2.45. The van der Waals surface area contributed by atoms with E-state index in [-0.39, 0.29) is 12.2 Å². The summed E-state index contributed by atoms with van der Waals surface area (Å²) in [5.74, 6) is -1.22. The molecule has 0 heterocycles. The van der Waals surface area contributed by atoms with Crippen LogP contribution in [0.25, 0.3) is 0 Å². The summed E-state index contributed by atoms with van der Waals surface area (Å²) in [5, 5.41) is 10.8. The first kappa shape index (κ1) is 14.4. The summed E-state index contributed by atoms with van der Waals surface area (Å²) in [5.41, 5.74) is -0.758. The number of nitro benzene ring substituents is 1. The fourth-order valence-electron chi connectivity index (χ4n) is 2.46. The van der Waals surface area contributed by atoms with Crippen molar-refractivity contribution >= 4 is 11.7 Å². The molecule has 0 aromatic heterocycles. The molecule has 1 aromatic carbocycles. The standard InChI is InChI=1S/C14H16FNO4/c15-11-6-7-13(16(18)19)12(8-11)14(17)20-9-10-4-2-1-3-5-10/h6-8,10H,1-5,9H2. The van der Waals surface area contributed by atoms with Gasteiger partial charge in [0, 0.05) is 6.07 Å². The molecule has 1 saturated carbocycles. The number of nitro groups is 1. The second-order valence-corrected chi connectivity index (χ2v) is 5.02. The zero-order valence-corrected chi connectivity index (χ0v) is 11.0. The number of nitrogens with zero attached hydrogens (tertiary/aromatic N) is 1. The van der Waals surface area contributed by atoms with Crippen LogP contribution < -0.4 is 0 Å². The van der Waals surface area contributed by atoms with E-state index in [1.165, 1.54) is 6.42 Å². The smallest absolute Gasteiger partial charge is 0.345 e. The van der Waals surface area contributed by atoms with Gasteiger partial charge >= 0.3 is 5.97 Å². The van der Waals surface area contributed by atoms with Gasteiger partial charge in [-0.3, -0.25) is 10.1 Å². The van der Waals surface area contributed by atoms with Crippen LogP contribution in [-0.4, -0.2) is 17.5 Å². The molecule has 0 bridgehead atoms. The third-order valence-electron chi connectivity index (χ3n) is 3.55. The summed E-state index contributed by atoms with van der Waals surface area (Å²) in [6, 6.07) is 2.78. The second-order valence-electron chi connectivity index (χ2n) is 5.02. The Labute approximate surface area is 115 Å². The Hall–Kier alpha value is -1.98. The van der Waals surface area contributed by atoms with E-state index in [0.29, 0.717) is 5.92 Å². The topological polar surface area (TPSA) is 69.4 Å². The molecule has 5 nitrogen and oxygen atoms in total. The summed E-state index contributed by atoms with van der Waals surface area (Å²) in [6.07, 6.45) is 5.42. The zero-order chi connectivity index (χ0) is 14.5. The van der Waals surface area contributed by atoms with Gasteiger partial charge in [-0.25, -0.2) is 9.18 Å². The minimum atomic E-state index is -0.832. The highest BCUT2D eigenvalue weighted by Crippen LogP contribution is 2.25. The molecule has 0 saturated heterocycles. The van der Waals surface area contributed by atoms with Crippen LogP contribution in [-0.2, 0) is 4.74 Å². The van der Waals surface area contributed by atoms with Crippen LogP contribution in [0.2, 0.25) is 0 Å². The molecule has 20 heavy (non-hydrogen) atoms. The average molecular weight is 281 g/mol. The van der Waals surface area contributed by atoms with Crippen LogP contribution in [0.4, 0.5) is 10.1 Å². The summed E-state index contributed by atoms with van der Waals surface area (Å²) in [7, 11) is 0. The number of ether oxygens (including phenoxy) is 1. The van der Waals surface area contributed by atoms with E-state index in [0.717, 1.165) is 43.9 Å². The van der Waals surface area contributed by atoms with Gasteiger partial charge in [0.15, 0.2) is 0 Å². The van der Waals surface area contributed by atoms with Crippen molar-refractivity contribution in [2.45, 2.75) is 32.1 Å². The van der Waals surface area contributed by atoms with Gasteiger partial charge in [0.1, 0.15) is 11.4 Å². The van der Waals surface area contributed by atoms with Gasteiger partial charge in [-0.2, -0.15) is 0 Å². The van der Waals surface area contributed by atoms with E-state index in [2.05, 4.69) is 0 Å². The Kier molecular flexibility index (Phi) is 4.65. The van der Waals surface area contributed by atoms with E-state index < -0.39 is 22.4 Å². The first-order chi connectivity index (χ1) is 9.58. The van der Waals surface area contributed by atoms with E-state index in [1.54, 1.807) is 0 Å². The highest BCUT2D eigenvalue weighted by molar-refractivity contribution is 5.93. The number of carbonyl (C=O) groups is 1. The number of hydrogen-bond acceptors (Lipinski definition) is 4. The second kappa shape index (κ2) is 6.45. The summed E-state index contributed by atoms with van der Waals surface area (Å²) >= 11 is 0. The van der Waals surface area contributed by atoms with Crippen molar-refractivity contribution in [3.63, 3.8) is 0 Å². The Bertz CT molecular complexity index is 512. The monoisotopic (exact) mass is 281 g/mol. The van der Waals surface area contributed by atoms with Crippen molar-refractivity contribution < 1.29 is 18.8 Å². The van der Waals surface area contributed by atoms with Crippen LogP contribution in [0.5, 0.6) is 0 Å². The maximum absolute atomic E-state index is 13.1. The quantitative estimate of drug-likeness (QED) is 0.481. The first-order valence-corrected chi connectivity index (χ1v) is 6.69. The molecule has 1 fully saturated rings. The van der Waals surface area contributed by atoms with Gasteiger partial charge in [-0.05, 0) is 30.9 Å². The summed E-state index contributed by atoms with van der Waals surface area (Å²) in [4.78, 5) is 22.0. The maximum Gasteiger partial charge on any atom is 0.345 e. The molecule has 0 radical (unpaired) electrons. The summed E-state index contributed by atoms with van der Waals surface area (Å²) < 4.78 is 18.2. The molecule has 1 aliphatic rings. The molecule has 0 amide bonds. The fourth-order valence-corrected chi connectivity index (χ4v) is 2.46. The van der Waals surface area contributed by atoms with Crippen LogP contribution >= 0.6 is 0 Å². The normalized spacial score (nSPS) is 15.8. The molecular formula is C14H16FNO4. The molecule has 1 aliphatic carbocycles. The molecule has 0 unspecified atom stereocenters. The van der Waals surface area contributed by atoms with E-state index in [1.807, 2.05) is 0 Å². The van der Waals surface area contributed by atoms with Crippen LogP contribution in [0, 0.1) is 21.8 Å². The van der Waals surface area contributed by atoms with Crippen molar-refractivity contribution in [3.05, 3.63) is 39.7 Å². The Balaban J connectivity index is 2.04. The van der Waals surface area contributed by atoms with Crippen LogP contribution in [0.1, 0.15) is 42.5 Å². The number of hydrogen-bond donors (Lipinski definition) is 0. The van der Waals surface area contributed by atoms with E-state index in [4.69, 9.17) is 4.74 Å². The first-order valence-electron chi connectivity index (χ1n) is 6.69. The van der Waals surface area contributed by atoms with Crippen molar-refractivity contribution in [2.75, 3.05) is 6.61 Å². The molecule has 0 aliphatic heterocycles. The molecule has 0 atom stereocenters. The Morgan fingerprint density at radius 2 is 2.05 bits per heavy atom. The molecule has 1 aromatic rings. The van der Waals surface area contributed by atoms with Crippen molar-refractivity contribution in [1.82, 2.24) is 0 Å². The minimum Gasteiger partial charge on any atom is -0.462 e. The molecule has 2 rings (SSSR count). The number of halogens is 1.